The van der Waals surface area contributed by atoms with Gasteiger partial charge in [0.25, 0.3) is 5.56 Å². The lowest BCUT2D eigenvalue weighted by Crippen LogP contribution is -2.04. The van der Waals surface area contributed by atoms with Gasteiger partial charge in [0, 0.05) is 11.6 Å². The Kier molecular flexibility index (Phi) is 2.81. The molecule has 23 heavy (non-hydrogen) atoms. The molecule has 0 bridgehead atoms. The Morgan fingerprint density at radius 3 is 2.96 bits per heavy atom. The molecule has 2 aromatic carbocycles. The molecule has 7 heteroatoms. The Bertz CT molecular complexity index is 1150. The first-order valence-electron chi connectivity index (χ1n) is 6.88. The van der Waals surface area contributed by atoms with Gasteiger partial charge in [0.1, 0.15) is 5.52 Å². The third-order valence-electron chi connectivity index (χ3n) is 3.62. The highest BCUT2D eigenvalue weighted by atomic mass is 16.1. The Morgan fingerprint density at radius 1 is 1.22 bits per heavy atom. The summed E-state index contributed by atoms with van der Waals surface area (Å²) in [4.78, 5) is 19.3. The van der Waals surface area contributed by atoms with Gasteiger partial charge >= 0.3 is 0 Å². The fraction of sp³-hybridized carbons (Fsp3) is 0. The average molecular weight is 302 g/mol. The fourth-order valence-corrected chi connectivity index (χ4v) is 2.55. The molecule has 0 aliphatic carbocycles. The van der Waals surface area contributed by atoms with Crippen LogP contribution >= 0.6 is 0 Å². The van der Waals surface area contributed by atoms with Crippen LogP contribution in [0.5, 0.6) is 0 Å². The zero-order valence-corrected chi connectivity index (χ0v) is 11.8. The quantitative estimate of drug-likeness (QED) is 0.494. The molecule has 4 rings (SSSR count). The van der Waals surface area contributed by atoms with Crippen molar-refractivity contribution in [1.82, 2.24) is 20.4 Å². The fourth-order valence-electron chi connectivity index (χ4n) is 2.55. The van der Waals surface area contributed by atoms with Crippen molar-refractivity contribution in [1.29, 1.82) is 5.26 Å². The highest BCUT2D eigenvalue weighted by Crippen LogP contribution is 2.23. The molecule has 0 aliphatic heterocycles. The SMILES string of the molecule is N#Cc1cccc(N=Cc2c(=O)[nH]c3ccc4[nH][nH]nc4c23)c1. The summed E-state index contributed by atoms with van der Waals surface area (Å²) in [6, 6.07) is 12.6. The van der Waals surface area contributed by atoms with Crippen molar-refractivity contribution >= 4 is 33.8 Å². The van der Waals surface area contributed by atoms with Crippen LogP contribution in [0.15, 0.2) is 46.2 Å². The second kappa shape index (κ2) is 4.96. The summed E-state index contributed by atoms with van der Waals surface area (Å²) in [7, 11) is 0. The van der Waals surface area contributed by atoms with Crippen LogP contribution in [0, 0.1) is 11.3 Å². The predicted octanol–water partition coefficient (Wildman–Crippen LogP) is 2.35. The first-order chi connectivity index (χ1) is 11.3. The lowest BCUT2D eigenvalue weighted by Gasteiger charge is -1.94. The van der Waals surface area contributed by atoms with Gasteiger partial charge in [-0.1, -0.05) is 6.07 Å². The smallest absolute Gasteiger partial charge is 0.258 e. The van der Waals surface area contributed by atoms with Crippen LogP contribution in [0.3, 0.4) is 0 Å². The summed E-state index contributed by atoms with van der Waals surface area (Å²) < 4.78 is 0. The molecular weight excluding hydrogens is 292 g/mol. The largest absolute Gasteiger partial charge is 0.321 e. The molecular formula is C16H10N6O. The van der Waals surface area contributed by atoms with Crippen molar-refractivity contribution < 1.29 is 0 Å². The zero-order valence-electron chi connectivity index (χ0n) is 11.8. The molecule has 2 aromatic heterocycles. The summed E-state index contributed by atoms with van der Waals surface area (Å²) in [5.41, 5.74) is 3.52. The van der Waals surface area contributed by atoms with Crippen molar-refractivity contribution in [2.75, 3.05) is 0 Å². The number of nitrogens with zero attached hydrogens (tertiary/aromatic N) is 3. The number of hydrogen-bond acceptors (Lipinski definition) is 4. The molecule has 110 valence electrons. The minimum absolute atomic E-state index is 0.226. The predicted molar refractivity (Wildman–Crippen MR) is 87.0 cm³/mol. The first kappa shape index (κ1) is 13.0. The van der Waals surface area contributed by atoms with Crippen LogP contribution in [-0.2, 0) is 0 Å². The Labute approximate surface area is 129 Å². The molecule has 4 aromatic rings. The number of hydrogen-bond donors (Lipinski definition) is 3. The van der Waals surface area contributed by atoms with Gasteiger partial charge in [-0.2, -0.15) is 10.4 Å². The van der Waals surface area contributed by atoms with Gasteiger partial charge < -0.3 is 4.98 Å². The molecule has 0 unspecified atom stereocenters. The maximum Gasteiger partial charge on any atom is 0.258 e. The van der Waals surface area contributed by atoms with E-state index < -0.39 is 0 Å². The van der Waals surface area contributed by atoms with E-state index in [0.717, 1.165) is 5.52 Å². The van der Waals surface area contributed by atoms with Gasteiger partial charge in [0.05, 0.1) is 33.9 Å². The highest BCUT2D eigenvalue weighted by Gasteiger charge is 2.12. The van der Waals surface area contributed by atoms with Crippen molar-refractivity contribution in [3.05, 3.63) is 57.9 Å². The molecule has 0 atom stereocenters. The summed E-state index contributed by atoms with van der Waals surface area (Å²) >= 11 is 0. The Balaban J connectivity index is 1.90. The number of nitrogens with one attached hydrogen (secondary N) is 3. The van der Waals surface area contributed by atoms with E-state index in [1.807, 2.05) is 12.1 Å². The molecule has 7 nitrogen and oxygen atoms in total. The van der Waals surface area contributed by atoms with Gasteiger partial charge in [0.2, 0.25) is 0 Å². The number of aromatic amines is 3. The molecule has 2 heterocycles. The summed E-state index contributed by atoms with van der Waals surface area (Å²) in [5, 5.41) is 19.4. The summed E-state index contributed by atoms with van der Waals surface area (Å²) in [6.07, 6.45) is 1.51. The second-order valence-electron chi connectivity index (χ2n) is 5.02. The minimum Gasteiger partial charge on any atom is -0.321 e. The molecule has 0 aliphatic rings. The van der Waals surface area contributed by atoms with E-state index >= 15 is 0 Å². The molecule has 0 saturated carbocycles. The van der Waals surface area contributed by atoms with Gasteiger partial charge in [-0.25, -0.2) is 5.21 Å². The monoisotopic (exact) mass is 302 g/mol. The number of aliphatic imine (C=N–C) groups is 1. The topological polar surface area (TPSA) is 113 Å². The van der Waals surface area contributed by atoms with Crippen LogP contribution in [0.2, 0.25) is 0 Å². The molecule has 0 saturated heterocycles. The maximum absolute atomic E-state index is 12.2. The van der Waals surface area contributed by atoms with E-state index in [9.17, 15) is 4.79 Å². The van der Waals surface area contributed by atoms with E-state index in [1.54, 1.807) is 24.3 Å². The molecule has 0 amide bonds. The van der Waals surface area contributed by atoms with Gasteiger partial charge in [-0.15, -0.1) is 0 Å². The molecule has 0 fully saturated rings. The van der Waals surface area contributed by atoms with Crippen molar-refractivity contribution in [2.24, 2.45) is 4.99 Å². The number of nitriles is 1. The number of benzene rings is 2. The number of aromatic nitrogens is 4. The van der Waals surface area contributed by atoms with Crippen LogP contribution in [0.1, 0.15) is 11.1 Å². The Morgan fingerprint density at radius 2 is 2.09 bits per heavy atom. The normalized spacial score (nSPS) is 11.4. The van der Waals surface area contributed by atoms with Crippen molar-refractivity contribution in [3.8, 4) is 6.07 Å². The summed E-state index contributed by atoms with van der Waals surface area (Å²) in [5.74, 6) is 0. The highest BCUT2D eigenvalue weighted by molar-refractivity contribution is 6.11. The molecule has 3 N–H and O–H groups in total. The third-order valence-corrected chi connectivity index (χ3v) is 3.62. The van der Waals surface area contributed by atoms with Crippen LogP contribution in [0.25, 0.3) is 21.9 Å². The van der Waals surface area contributed by atoms with Crippen LogP contribution in [-0.4, -0.2) is 26.6 Å². The van der Waals surface area contributed by atoms with Crippen LogP contribution in [0.4, 0.5) is 5.69 Å². The van der Waals surface area contributed by atoms with Gasteiger partial charge in [-0.3, -0.25) is 14.9 Å². The van der Waals surface area contributed by atoms with E-state index in [4.69, 9.17) is 5.26 Å². The van der Waals surface area contributed by atoms with Crippen molar-refractivity contribution in [2.45, 2.75) is 0 Å². The second-order valence-corrected chi connectivity index (χ2v) is 5.02. The number of fused-ring (bicyclic) bond motifs is 3. The zero-order chi connectivity index (χ0) is 15.8. The van der Waals surface area contributed by atoms with E-state index in [2.05, 4.69) is 31.5 Å². The first-order valence-corrected chi connectivity index (χ1v) is 6.88. The standard InChI is InChI=1S/C16H10N6O/c17-7-9-2-1-3-10(6-9)18-8-11-14-12(19-16(11)23)4-5-13-15(14)21-22-20-13/h1-6,8,20,22H,(H,19,23). The third kappa shape index (κ3) is 2.10. The van der Waals surface area contributed by atoms with E-state index in [-0.39, 0.29) is 5.56 Å². The van der Waals surface area contributed by atoms with E-state index in [0.29, 0.717) is 33.2 Å². The molecule has 0 spiro atoms. The Hall–Kier alpha value is -3.66. The van der Waals surface area contributed by atoms with Crippen LogP contribution < -0.4 is 5.56 Å². The van der Waals surface area contributed by atoms with Gasteiger partial charge in [0.15, 0.2) is 0 Å². The van der Waals surface area contributed by atoms with Gasteiger partial charge in [-0.05, 0) is 30.3 Å². The number of rotatable bonds is 2. The number of H-pyrrole nitrogens is 3. The summed E-state index contributed by atoms with van der Waals surface area (Å²) in [6.45, 7) is 0. The average Bonchev–Trinajstić information content (AvgIpc) is 3.16. The minimum atomic E-state index is -0.226. The lowest BCUT2D eigenvalue weighted by atomic mass is 10.1. The molecule has 0 radical (unpaired) electrons. The van der Waals surface area contributed by atoms with Crippen molar-refractivity contribution in [3.63, 3.8) is 0 Å². The lowest BCUT2D eigenvalue weighted by molar-refractivity contribution is 0.960. The maximum atomic E-state index is 12.2. The van der Waals surface area contributed by atoms with E-state index in [1.165, 1.54) is 6.21 Å².